The molecular formula is C30H26F3N5O7. The van der Waals surface area contributed by atoms with Crippen LogP contribution in [-0.4, -0.2) is 64.9 Å². The predicted octanol–water partition coefficient (Wildman–Crippen LogP) is 3.38. The van der Waals surface area contributed by atoms with E-state index in [2.05, 4.69) is 10.6 Å². The molecule has 0 saturated heterocycles. The predicted molar refractivity (Wildman–Crippen MR) is 156 cm³/mol. The van der Waals surface area contributed by atoms with Crippen LogP contribution in [0.2, 0.25) is 0 Å². The summed E-state index contributed by atoms with van der Waals surface area (Å²) in [4.78, 5) is 61.4. The second-order valence-corrected chi connectivity index (χ2v) is 9.54. The molecule has 45 heavy (non-hydrogen) atoms. The van der Waals surface area contributed by atoms with Gasteiger partial charge in [-0.1, -0.05) is 12.1 Å². The number of carboxylic acid groups (broad SMARTS) is 1. The van der Waals surface area contributed by atoms with Crippen molar-refractivity contribution in [1.82, 2.24) is 9.72 Å². The molecule has 0 fully saturated rings. The first-order valence-electron chi connectivity index (χ1n) is 13.2. The molecule has 2 aromatic heterocycles. The third kappa shape index (κ3) is 7.27. The van der Waals surface area contributed by atoms with Gasteiger partial charge in [0.15, 0.2) is 0 Å². The number of ketones is 1. The van der Waals surface area contributed by atoms with E-state index in [9.17, 15) is 42.3 Å². The molecule has 6 N–H and O–H groups in total. The summed E-state index contributed by atoms with van der Waals surface area (Å²) < 4.78 is 45.3. The number of ether oxygens (including phenoxy) is 1. The van der Waals surface area contributed by atoms with Crippen molar-refractivity contribution in [3.8, 4) is 5.75 Å². The fraction of sp³-hybridized carbons (Fsp3) is 0.167. The number of fused-ring (bicyclic) bond motifs is 1. The number of pyridine rings is 1. The van der Waals surface area contributed by atoms with E-state index in [1.165, 1.54) is 15.8 Å². The highest BCUT2D eigenvalue weighted by Crippen LogP contribution is 2.32. The number of alkyl halides is 3. The summed E-state index contributed by atoms with van der Waals surface area (Å²) in [5, 5.41) is 16.4. The van der Waals surface area contributed by atoms with Gasteiger partial charge >= 0.3 is 18.1 Å². The van der Waals surface area contributed by atoms with Gasteiger partial charge in [0, 0.05) is 22.9 Å². The van der Waals surface area contributed by atoms with Crippen LogP contribution < -0.4 is 26.4 Å². The van der Waals surface area contributed by atoms with E-state index in [1.807, 2.05) is 0 Å². The van der Waals surface area contributed by atoms with Crippen molar-refractivity contribution >= 4 is 46.4 Å². The number of nitrogens with zero attached hydrogens (tertiary/aromatic N) is 1. The van der Waals surface area contributed by atoms with E-state index < -0.39 is 41.0 Å². The maximum absolute atomic E-state index is 13.7. The number of rotatable bonds is 11. The highest BCUT2D eigenvalue weighted by atomic mass is 19.4. The number of nitrogens with two attached hydrogens (primary N) is 1. The first-order valence-corrected chi connectivity index (χ1v) is 13.2. The standard InChI is InChI=1S/C30H26F3N5O7/c1-16-24(37-27(41)18-5-4-6-19(13-18)45-12-10-35-23(39)15-34)22-7-2-3-11-38(22)25(16)26(40)17-8-9-21(20(14-17)28(42)43)36-29(44)30(31,32)33/h2-9,11,13-14H,10,12,15,34H2,1H3,(H,35,39)(H,36,44)(H,37,41)(H,42,43). The number of nitrogens with one attached hydrogen (secondary N) is 3. The second-order valence-electron chi connectivity index (χ2n) is 9.54. The quantitative estimate of drug-likeness (QED) is 0.124. The van der Waals surface area contributed by atoms with Gasteiger partial charge in [0.05, 0.1) is 41.2 Å². The Hall–Kier alpha value is -5.70. The third-order valence-corrected chi connectivity index (χ3v) is 6.53. The number of anilines is 2. The highest BCUT2D eigenvalue weighted by molar-refractivity contribution is 6.15. The van der Waals surface area contributed by atoms with Crippen LogP contribution in [0.1, 0.15) is 42.3 Å². The van der Waals surface area contributed by atoms with Crippen LogP contribution in [-0.2, 0) is 9.59 Å². The van der Waals surface area contributed by atoms with Crippen LogP contribution in [0.15, 0.2) is 66.9 Å². The van der Waals surface area contributed by atoms with Crippen molar-refractivity contribution in [2.24, 2.45) is 5.73 Å². The smallest absolute Gasteiger partial charge is 0.471 e. The Morgan fingerprint density at radius 1 is 0.956 bits per heavy atom. The second kappa shape index (κ2) is 13.3. The van der Waals surface area contributed by atoms with Gasteiger partial charge in [-0.15, -0.1) is 0 Å². The maximum atomic E-state index is 13.7. The van der Waals surface area contributed by atoms with Crippen molar-refractivity contribution in [3.63, 3.8) is 0 Å². The minimum absolute atomic E-state index is 0.0564. The average molecular weight is 626 g/mol. The Morgan fingerprint density at radius 3 is 2.40 bits per heavy atom. The van der Waals surface area contributed by atoms with Crippen LogP contribution in [0.3, 0.4) is 0 Å². The summed E-state index contributed by atoms with van der Waals surface area (Å²) in [6, 6.07) is 14.1. The van der Waals surface area contributed by atoms with Crippen molar-refractivity contribution in [2.75, 3.05) is 30.3 Å². The van der Waals surface area contributed by atoms with E-state index in [0.717, 1.165) is 18.2 Å². The Morgan fingerprint density at radius 2 is 1.71 bits per heavy atom. The summed E-state index contributed by atoms with van der Waals surface area (Å²) in [6.07, 6.45) is -3.70. The number of hydrogen-bond acceptors (Lipinski definition) is 7. The molecule has 0 aliphatic heterocycles. The summed E-state index contributed by atoms with van der Waals surface area (Å²) >= 11 is 0. The van der Waals surface area contributed by atoms with Crippen LogP contribution in [0.4, 0.5) is 24.5 Å². The number of hydrogen-bond donors (Lipinski definition) is 5. The zero-order chi connectivity index (χ0) is 32.9. The van der Waals surface area contributed by atoms with E-state index in [4.69, 9.17) is 10.5 Å². The van der Waals surface area contributed by atoms with Gasteiger partial charge in [-0.25, -0.2) is 4.79 Å². The van der Waals surface area contributed by atoms with Crippen molar-refractivity contribution in [1.29, 1.82) is 0 Å². The molecule has 0 aliphatic carbocycles. The summed E-state index contributed by atoms with van der Waals surface area (Å²) in [5.41, 5.74) is 5.01. The Labute approximate surface area is 253 Å². The molecule has 3 amide bonds. The van der Waals surface area contributed by atoms with Crippen LogP contribution in [0, 0.1) is 6.92 Å². The summed E-state index contributed by atoms with van der Waals surface area (Å²) in [7, 11) is 0. The van der Waals surface area contributed by atoms with Gasteiger partial charge in [0.1, 0.15) is 12.4 Å². The summed E-state index contributed by atoms with van der Waals surface area (Å²) in [5.74, 6) is -5.24. The average Bonchev–Trinajstić information content (AvgIpc) is 3.29. The van der Waals surface area contributed by atoms with Crippen molar-refractivity contribution in [3.05, 3.63) is 94.8 Å². The van der Waals surface area contributed by atoms with Gasteiger partial charge in [0.25, 0.3) is 5.91 Å². The first-order chi connectivity index (χ1) is 21.3. The monoisotopic (exact) mass is 625 g/mol. The molecule has 0 radical (unpaired) electrons. The maximum Gasteiger partial charge on any atom is 0.471 e. The molecule has 0 aliphatic rings. The van der Waals surface area contributed by atoms with Crippen LogP contribution in [0.5, 0.6) is 5.75 Å². The van der Waals surface area contributed by atoms with Gasteiger partial charge in [-0.05, 0) is 55.5 Å². The van der Waals surface area contributed by atoms with Crippen molar-refractivity contribution < 1.29 is 47.0 Å². The van der Waals surface area contributed by atoms with E-state index in [0.29, 0.717) is 16.8 Å². The molecule has 2 aromatic carbocycles. The number of carbonyl (C=O) groups excluding carboxylic acids is 4. The minimum Gasteiger partial charge on any atom is -0.492 e. The van der Waals surface area contributed by atoms with Gasteiger partial charge in [0.2, 0.25) is 11.7 Å². The molecular weight excluding hydrogens is 599 g/mol. The molecule has 0 unspecified atom stereocenters. The Kier molecular flexibility index (Phi) is 9.52. The molecule has 0 atom stereocenters. The molecule has 4 rings (SSSR count). The number of halogens is 3. The number of aromatic nitrogens is 1. The zero-order valence-electron chi connectivity index (χ0n) is 23.5. The molecule has 4 aromatic rings. The largest absolute Gasteiger partial charge is 0.492 e. The SMILES string of the molecule is Cc1c(NC(=O)c2cccc(OCCNC(=O)CN)c2)c2ccccn2c1C(=O)c1ccc(NC(=O)C(F)(F)F)c(C(=O)O)c1. The normalized spacial score (nSPS) is 11.1. The molecule has 234 valence electrons. The number of benzene rings is 2. The number of carbonyl (C=O) groups is 5. The number of carboxylic acids is 1. The number of amides is 3. The van der Waals surface area contributed by atoms with Gasteiger partial charge in [-0.2, -0.15) is 13.2 Å². The highest BCUT2D eigenvalue weighted by Gasteiger charge is 2.39. The summed E-state index contributed by atoms with van der Waals surface area (Å²) in [6.45, 7) is 1.75. The van der Waals surface area contributed by atoms with E-state index >= 15 is 0 Å². The Bertz CT molecular complexity index is 1820. The van der Waals surface area contributed by atoms with E-state index in [-0.39, 0.29) is 48.1 Å². The topological polar surface area (TPSA) is 181 Å². The molecule has 0 spiro atoms. The lowest BCUT2D eigenvalue weighted by Gasteiger charge is -2.12. The van der Waals surface area contributed by atoms with Gasteiger partial charge < -0.3 is 35.9 Å². The molecule has 0 saturated carbocycles. The lowest BCUT2D eigenvalue weighted by Crippen LogP contribution is -2.33. The van der Waals surface area contributed by atoms with Crippen molar-refractivity contribution in [2.45, 2.75) is 13.1 Å². The fourth-order valence-corrected chi connectivity index (χ4v) is 4.42. The third-order valence-electron chi connectivity index (χ3n) is 6.53. The minimum atomic E-state index is -5.26. The lowest BCUT2D eigenvalue weighted by molar-refractivity contribution is -0.167. The van der Waals surface area contributed by atoms with Gasteiger partial charge in [-0.3, -0.25) is 19.2 Å². The first kappa shape index (κ1) is 32.2. The van der Waals surface area contributed by atoms with Crippen LogP contribution in [0.25, 0.3) is 5.52 Å². The van der Waals surface area contributed by atoms with E-state index in [1.54, 1.807) is 49.5 Å². The molecule has 2 heterocycles. The Balaban J connectivity index is 1.62. The lowest BCUT2D eigenvalue weighted by atomic mass is 10.0. The van der Waals surface area contributed by atoms with Crippen LogP contribution >= 0.6 is 0 Å². The molecule has 0 bridgehead atoms. The molecule has 12 nitrogen and oxygen atoms in total. The number of aromatic carboxylic acids is 1. The fourth-order valence-electron chi connectivity index (χ4n) is 4.42. The zero-order valence-corrected chi connectivity index (χ0v) is 23.5. The molecule has 15 heteroatoms.